The maximum absolute atomic E-state index is 12.1. The molecule has 3 aromatic rings. The lowest BCUT2D eigenvalue weighted by molar-refractivity contribution is -0.0306. The Kier molecular flexibility index (Phi) is 5.34. The van der Waals surface area contributed by atoms with Crippen molar-refractivity contribution in [2.75, 3.05) is 48.4 Å². The molecule has 0 amide bonds. The number of benzene rings is 1. The Morgan fingerprint density at radius 1 is 1.09 bits per heavy atom. The fourth-order valence-electron chi connectivity index (χ4n) is 5.10. The van der Waals surface area contributed by atoms with Crippen molar-refractivity contribution >= 4 is 34.6 Å². The van der Waals surface area contributed by atoms with E-state index < -0.39 is 5.66 Å². The fourth-order valence-corrected chi connectivity index (χ4v) is 5.10. The van der Waals surface area contributed by atoms with Gasteiger partial charge in [-0.25, -0.2) is 15.0 Å². The molecule has 0 aliphatic carbocycles. The number of carbonyl (C=O) groups is 1. The van der Waals surface area contributed by atoms with Crippen molar-refractivity contribution in [2.24, 2.45) is 0 Å². The highest BCUT2D eigenvalue weighted by atomic mass is 16.5. The van der Waals surface area contributed by atoms with Crippen molar-refractivity contribution in [3.05, 3.63) is 35.9 Å². The molecular formula is C24H29N7O3. The highest BCUT2D eigenvalue weighted by Gasteiger charge is 2.41. The number of para-hydroxylation sites is 2. The van der Waals surface area contributed by atoms with Crippen molar-refractivity contribution in [3.8, 4) is 0 Å². The Labute approximate surface area is 197 Å². The van der Waals surface area contributed by atoms with Crippen LogP contribution >= 0.6 is 0 Å². The molecule has 10 heteroatoms. The quantitative estimate of drug-likeness (QED) is 0.551. The van der Waals surface area contributed by atoms with E-state index in [2.05, 4.69) is 22.5 Å². The van der Waals surface area contributed by atoms with Crippen molar-refractivity contribution in [3.63, 3.8) is 0 Å². The maximum atomic E-state index is 12.1. The van der Waals surface area contributed by atoms with Crippen molar-refractivity contribution in [1.29, 1.82) is 0 Å². The molecule has 2 N–H and O–H groups in total. The molecule has 0 bridgehead atoms. The fraction of sp³-hybridized carbons (Fsp3) is 0.500. The van der Waals surface area contributed by atoms with Gasteiger partial charge in [0.05, 0.1) is 24.6 Å². The van der Waals surface area contributed by atoms with Crippen LogP contribution in [-0.2, 0) is 15.1 Å². The molecular weight excluding hydrogens is 434 g/mol. The highest BCUT2D eigenvalue weighted by Crippen LogP contribution is 2.41. The molecule has 3 aliphatic rings. The largest absolute Gasteiger partial charge is 0.378 e. The van der Waals surface area contributed by atoms with Crippen molar-refractivity contribution in [2.45, 2.75) is 44.5 Å². The summed E-state index contributed by atoms with van der Waals surface area (Å²) in [5, 5.41) is 7.24. The van der Waals surface area contributed by atoms with Gasteiger partial charge >= 0.3 is 0 Å². The molecule has 34 heavy (non-hydrogen) atoms. The summed E-state index contributed by atoms with van der Waals surface area (Å²) in [5.41, 5.74) is 2.61. The van der Waals surface area contributed by atoms with Crippen LogP contribution in [0.25, 0.3) is 11.2 Å². The molecule has 1 unspecified atom stereocenters. The van der Waals surface area contributed by atoms with Gasteiger partial charge in [0.15, 0.2) is 40.6 Å². The van der Waals surface area contributed by atoms with Gasteiger partial charge in [-0.05, 0) is 37.8 Å². The first kappa shape index (κ1) is 21.3. The van der Waals surface area contributed by atoms with Gasteiger partial charge in [-0.2, -0.15) is 0 Å². The number of morpholine rings is 1. The average molecular weight is 464 g/mol. The Bertz CT molecular complexity index is 1190. The lowest BCUT2D eigenvalue weighted by Crippen LogP contribution is -2.42. The second-order valence-corrected chi connectivity index (χ2v) is 8.98. The van der Waals surface area contributed by atoms with E-state index in [1.807, 2.05) is 28.8 Å². The minimum Gasteiger partial charge on any atom is -0.378 e. The molecule has 2 aromatic heterocycles. The zero-order valence-corrected chi connectivity index (χ0v) is 19.3. The van der Waals surface area contributed by atoms with E-state index in [0.717, 1.165) is 42.7 Å². The summed E-state index contributed by atoms with van der Waals surface area (Å²) < 4.78 is 13.5. The van der Waals surface area contributed by atoms with E-state index in [1.165, 1.54) is 0 Å². The minimum absolute atomic E-state index is 0.265. The van der Waals surface area contributed by atoms with Gasteiger partial charge in [-0.1, -0.05) is 19.1 Å². The summed E-state index contributed by atoms with van der Waals surface area (Å²) in [4.78, 5) is 29.1. The van der Waals surface area contributed by atoms with Crippen LogP contribution in [0.3, 0.4) is 0 Å². The molecule has 0 saturated carbocycles. The molecule has 6 rings (SSSR count). The van der Waals surface area contributed by atoms with Crippen LogP contribution in [0.5, 0.6) is 0 Å². The number of nitrogens with zero attached hydrogens (tertiary/aromatic N) is 5. The van der Waals surface area contributed by atoms with E-state index in [0.29, 0.717) is 62.1 Å². The summed E-state index contributed by atoms with van der Waals surface area (Å²) >= 11 is 0. The van der Waals surface area contributed by atoms with Crippen LogP contribution in [0.15, 0.2) is 24.3 Å². The smallest absolute Gasteiger partial charge is 0.185 e. The number of imidazole rings is 1. The second kappa shape index (κ2) is 8.52. The molecule has 2 fully saturated rings. The Hall–Kier alpha value is -3.24. The number of fused-ring (bicyclic) bond motifs is 2. The van der Waals surface area contributed by atoms with E-state index >= 15 is 0 Å². The number of anilines is 3. The standard InChI is InChI=1S/C24H29N7O3/c1-2-24(28-16-7-3-4-8-17(16)29-24)23-26-21(30-10-13-33-14-11-30)20-22(27-23)31(18(15-32)25-20)19-9-5-6-12-34-19/h3-4,7-8,15,19,28-29H,2,5-6,9-14H2,1H3. The maximum Gasteiger partial charge on any atom is 0.185 e. The van der Waals surface area contributed by atoms with Crippen LogP contribution in [0.2, 0.25) is 0 Å². The van der Waals surface area contributed by atoms with Gasteiger partial charge in [0.1, 0.15) is 6.23 Å². The van der Waals surface area contributed by atoms with Crippen LogP contribution < -0.4 is 15.5 Å². The lowest BCUT2D eigenvalue weighted by Gasteiger charge is -2.32. The average Bonchev–Trinajstić information content (AvgIpc) is 3.48. The van der Waals surface area contributed by atoms with Crippen LogP contribution in [0, 0.1) is 0 Å². The Morgan fingerprint density at radius 2 is 1.85 bits per heavy atom. The highest BCUT2D eigenvalue weighted by molar-refractivity contribution is 5.89. The zero-order chi connectivity index (χ0) is 23.1. The molecule has 3 aliphatic heterocycles. The van der Waals surface area contributed by atoms with E-state index in [4.69, 9.17) is 24.4 Å². The Balaban J connectivity index is 1.55. The number of carbonyl (C=O) groups excluding carboxylic acids is 1. The number of rotatable bonds is 5. The van der Waals surface area contributed by atoms with Crippen molar-refractivity contribution < 1.29 is 14.3 Å². The molecule has 10 nitrogen and oxygen atoms in total. The molecule has 1 atom stereocenters. The number of aldehydes is 1. The first-order chi connectivity index (χ1) is 16.7. The normalized spacial score (nSPS) is 21.7. The monoisotopic (exact) mass is 463 g/mol. The molecule has 1 aromatic carbocycles. The SMILES string of the molecule is CCC1(c2nc(N3CCOCC3)c3nc(C=O)n(C4CCCCO4)c3n2)Nc2ccccc2N1. The molecule has 0 spiro atoms. The van der Waals surface area contributed by atoms with Gasteiger partial charge in [0, 0.05) is 19.7 Å². The minimum atomic E-state index is -0.678. The Morgan fingerprint density at radius 3 is 2.50 bits per heavy atom. The predicted octanol–water partition coefficient (Wildman–Crippen LogP) is 3.27. The molecule has 178 valence electrons. The topological polar surface area (TPSA) is 106 Å². The van der Waals surface area contributed by atoms with Crippen LogP contribution in [-0.4, -0.2) is 58.7 Å². The van der Waals surface area contributed by atoms with Gasteiger partial charge in [0.2, 0.25) is 0 Å². The summed E-state index contributed by atoms with van der Waals surface area (Å²) in [6, 6.07) is 8.11. The first-order valence-electron chi connectivity index (χ1n) is 12.1. The molecule has 2 saturated heterocycles. The number of aromatic nitrogens is 4. The molecule has 5 heterocycles. The van der Waals surface area contributed by atoms with Crippen LogP contribution in [0.1, 0.15) is 55.3 Å². The van der Waals surface area contributed by atoms with Gasteiger partial charge in [0.25, 0.3) is 0 Å². The second-order valence-electron chi connectivity index (χ2n) is 8.98. The zero-order valence-electron chi connectivity index (χ0n) is 19.3. The molecule has 0 radical (unpaired) electrons. The van der Waals surface area contributed by atoms with E-state index in [9.17, 15) is 4.79 Å². The van der Waals surface area contributed by atoms with E-state index in [-0.39, 0.29) is 6.23 Å². The third kappa shape index (κ3) is 3.40. The summed E-state index contributed by atoms with van der Waals surface area (Å²) in [5.74, 6) is 1.67. The van der Waals surface area contributed by atoms with Crippen LogP contribution in [0.4, 0.5) is 17.2 Å². The third-order valence-electron chi connectivity index (χ3n) is 6.94. The first-order valence-corrected chi connectivity index (χ1v) is 12.1. The van der Waals surface area contributed by atoms with Gasteiger partial charge in [-0.15, -0.1) is 0 Å². The number of hydrogen-bond donors (Lipinski definition) is 2. The number of ether oxygens (including phenoxy) is 2. The third-order valence-corrected chi connectivity index (χ3v) is 6.94. The predicted molar refractivity (Wildman–Crippen MR) is 128 cm³/mol. The van der Waals surface area contributed by atoms with E-state index in [1.54, 1.807) is 0 Å². The van der Waals surface area contributed by atoms with Gasteiger partial charge < -0.3 is 25.0 Å². The summed E-state index contributed by atoms with van der Waals surface area (Å²) in [7, 11) is 0. The number of hydrogen-bond acceptors (Lipinski definition) is 9. The summed E-state index contributed by atoms with van der Waals surface area (Å²) in [6.07, 6.45) is 4.11. The van der Waals surface area contributed by atoms with Crippen molar-refractivity contribution in [1.82, 2.24) is 19.5 Å². The lowest BCUT2D eigenvalue weighted by atomic mass is 10.1. The summed E-state index contributed by atoms with van der Waals surface area (Å²) in [6.45, 7) is 5.41. The van der Waals surface area contributed by atoms with Gasteiger partial charge in [-0.3, -0.25) is 9.36 Å². The number of nitrogens with one attached hydrogen (secondary N) is 2.